The highest BCUT2D eigenvalue weighted by Gasteiger charge is 2.48. The van der Waals surface area contributed by atoms with Gasteiger partial charge < -0.3 is 9.47 Å². The summed E-state index contributed by atoms with van der Waals surface area (Å²) in [4.78, 5) is 31.5. The van der Waals surface area contributed by atoms with Gasteiger partial charge in [-0.3, -0.25) is 14.5 Å². The first-order valence-electron chi connectivity index (χ1n) is 10.1. The summed E-state index contributed by atoms with van der Waals surface area (Å²) in [5.74, 6) is 0.693. The predicted molar refractivity (Wildman–Crippen MR) is 106 cm³/mol. The zero-order chi connectivity index (χ0) is 21.1. The van der Waals surface area contributed by atoms with Crippen LogP contribution in [0.25, 0.3) is 0 Å². The Labute approximate surface area is 168 Å². The van der Waals surface area contributed by atoms with Crippen molar-refractivity contribution in [1.82, 2.24) is 9.96 Å². The maximum atomic E-state index is 12.9. The number of ether oxygens (including phenoxy) is 2. The van der Waals surface area contributed by atoms with E-state index in [2.05, 4.69) is 0 Å². The average Bonchev–Trinajstić information content (AvgIpc) is 3.33. The molecule has 7 nitrogen and oxygen atoms in total. The minimum atomic E-state index is -0.718. The van der Waals surface area contributed by atoms with E-state index >= 15 is 0 Å². The third-order valence-corrected chi connectivity index (χ3v) is 5.27. The second-order valence-corrected chi connectivity index (χ2v) is 9.27. The molecule has 1 saturated heterocycles. The van der Waals surface area contributed by atoms with Crippen molar-refractivity contribution in [3.8, 4) is 0 Å². The molecule has 2 amide bonds. The van der Waals surface area contributed by atoms with Gasteiger partial charge in [0.25, 0.3) is 5.91 Å². The largest absolute Gasteiger partial charge is 0.444 e. The molecule has 1 aliphatic heterocycles. The summed E-state index contributed by atoms with van der Waals surface area (Å²) >= 11 is 0. The van der Waals surface area contributed by atoms with Crippen molar-refractivity contribution in [2.45, 2.75) is 77.7 Å². The van der Waals surface area contributed by atoms with Gasteiger partial charge in [0.05, 0.1) is 19.8 Å². The summed E-state index contributed by atoms with van der Waals surface area (Å²) in [6.45, 7) is 9.88. The molecule has 1 saturated carbocycles. The number of nitrogens with zero attached hydrogens (tertiary/aromatic N) is 2. The lowest BCUT2D eigenvalue weighted by atomic mass is 9.89. The molecule has 2 atom stereocenters. The smallest absolute Gasteiger partial charge is 0.412 e. The van der Waals surface area contributed by atoms with E-state index in [-0.39, 0.29) is 24.0 Å². The lowest BCUT2D eigenvalue weighted by Gasteiger charge is -2.37. The molecular formula is C21H36N2O5. The van der Waals surface area contributed by atoms with Crippen molar-refractivity contribution >= 4 is 12.0 Å². The molecule has 2 rings (SSSR count). The van der Waals surface area contributed by atoms with Crippen LogP contribution in [-0.2, 0) is 19.1 Å². The van der Waals surface area contributed by atoms with Crippen LogP contribution < -0.4 is 0 Å². The molecular weight excluding hydrogens is 360 g/mol. The Morgan fingerprint density at radius 2 is 1.96 bits per heavy atom. The lowest BCUT2D eigenvalue weighted by molar-refractivity contribution is -0.162. The molecule has 28 heavy (non-hydrogen) atoms. The van der Waals surface area contributed by atoms with Crippen LogP contribution in [0.5, 0.6) is 0 Å². The first kappa shape index (κ1) is 22.7. The Morgan fingerprint density at radius 3 is 2.50 bits per heavy atom. The van der Waals surface area contributed by atoms with Crippen LogP contribution in [0, 0.1) is 11.8 Å². The van der Waals surface area contributed by atoms with Gasteiger partial charge in [-0.05, 0) is 59.3 Å². The van der Waals surface area contributed by atoms with Crippen LogP contribution in [0.15, 0.2) is 12.2 Å². The molecule has 0 aromatic heterocycles. The maximum absolute atomic E-state index is 12.9. The summed E-state index contributed by atoms with van der Waals surface area (Å²) in [5.41, 5.74) is -1.28. The third kappa shape index (κ3) is 6.21. The summed E-state index contributed by atoms with van der Waals surface area (Å²) in [5, 5.41) is 1.18. The topological polar surface area (TPSA) is 68.3 Å². The maximum Gasteiger partial charge on any atom is 0.412 e. The zero-order valence-corrected chi connectivity index (χ0v) is 18.4. The van der Waals surface area contributed by atoms with E-state index in [1.807, 2.05) is 40.7 Å². The van der Waals surface area contributed by atoms with Crippen LogP contribution >= 0.6 is 0 Å². The number of amides is 2. The number of likely N-dealkylation sites (N-methyl/N-ethyl adjacent to an activating group) is 1. The van der Waals surface area contributed by atoms with Crippen molar-refractivity contribution in [3.63, 3.8) is 0 Å². The number of carbonyl (C=O) groups excluding carboxylic acids is 2. The van der Waals surface area contributed by atoms with Crippen molar-refractivity contribution in [1.29, 1.82) is 0 Å². The number of carbonyl (C=O) groups is 2. The Hall–Kier alpha value is -1.60. The second-order valence-electron chi connectivity index (χ2n) is 9.27. The molecule has 0 bridgehead atoms. The van der Waals surface area contributed by atoms with Gasteiger partial charge in [0.2, 0.25) is 0 Å². The Kier molecular flexibility index (Phi) is 7.15. The third-order valence-electron chi connectivity index (χ3n) is 5.27. The van der Waals surface area contributed by atoms with Crippen molar-refractivity contribution < 1.29 is 23.9 Å². The van der Waals surface area contributed by atoms with Crippen LogP contribution in [-0.4, -0.2) is 60.1 Å². The number of rotatable bonds is 7. The van der Waals surface area contributed by atoms with Crippen molar-refractivity contribution in [2.75, 3.05) is 20.8 Å². The summed E-state index contributed by atoms with van der Waals surface area (Å²) in [6.07, 6.45) is 7.24. The van der Waals surface area contributed by atoms with Crippen molar-refractivity contribution in [3.05, 3.63) is 12.2 Å². The van der Waals surface area contributed by atoms with Crippen LogP contribution in [0.2, 0.25) is 0 Å². The standard InChI is InChI=1S/C21H36N2O5/c1-20(2,3)28-19(25)23-17(14-27-21(23,4)5)16(13-15-11-12-15)9-8-10-18(24)22(6)26-7/h8,10,15-17H,9,11-14H2,1-7H3/b10-8+/t16-,17-/m0/s1. The molecule has 0 N–H and O–H groups in total. The van der Waals surface area contributed by atoms with E-state index in [4.69, 9.17) is 14.3 Å². The molecule has 0 radical (unpaired) electrons. The normalized spacial score (nSPS) is 23.1. The van der Waals surface area contributed by atoms with Gasteiger partial charge >= 0.3 is 6.09 Å². The van der Waals surface area contributed by atoms with Crippen molar-refractivity contribution in [2.24, 2.45) is 11.8 Å². The summed E-state index contributed by atoms with van der Waals surface area (Å²) in [6, 6.07) is -0.0784. The molecule has 0 spiro atoms. The predicted octanol–water partition coefficient (Wildman–Crippen LogP) is 3.74. The Balaban J connectivity index is 2.14. The zero-order valence-electron chi connectivity index (χ0n) is 18.4. The van der Waals surface area contributed by atoms with Crippen LogP contribution in [0.3, 0.4) is 0 Å². The fourth-order valence-corrected chi connectivity index (χ4v) is 3.58. The fraction of sp³-hybridized carbons (Fsp3) is 0.810. The number of hydrogen-bond acceptors (Lipinski definition) is 5. The molecule has 7 heteroatoms. The van der Waals surface area contributed by atoms with Gasteiger partial charge in [0.15, 0.2) is 0 Å². The van der Waals surface area contributed by atoms with E-state index < -0.39 is 11.3 Å². The average molecular weight is 397 g/mol. The molecule has 2 fully saturated rings. The van der Waals surface area contributed by atoms with E-state index in [0.29, 0.717) is 18.9 Å². The summed E-state index contributed by atoms with van der Waals surface area (Å²) < 4.78 is 11.6. The second kappa shape index (κ2) is 8.82. The van der Waals surface area contributed by atoms with E-state index in [1.165, 1.54) is 31.1 Å². The lowest BCUT2D eigenvalue weighted by Crippen LogP contribution is -2.52. The summed E-state index contributed by atoms with van der Waals surface area (Å²) in [7, 11) is 3.03. The van der Waals surface area contributed by atoms with E-state index in [1.54, 1.807) is 11.9 Å². The highest BCUT2D eigenvalue weighted by molar-refractivity contribution is 5.86. The van der Waals surface area contributed by atoms with E-state index in [0.717, 1.165) is 6.42 Å². The molecule has 2 aliphatic rings. The SMILES string of the molecule is CON(C)C(=O)/C=C/C[C@@H](CC1CC1)[C@@H]1COC(C)(C)N1C(=O)OC(C)(C)C. The molecule has 0 unspecified atom stereocenters. The highest BCUT2D eigenvalue weighted by Crippen LogP contribution is 2.41. The Bertz CT molecular complexity index is 592. The van der Waals surface area contributed by atoms with Crippen LogP contribution in [0.4, 0.5) is 4.79 Å². The van der Waals surface area contributed by atoms with Gasteiger partial charge in [-0.1, -0.05) is 18.9 Å². The molecule has 160 valence electrons. The number of hydrogen-bond donors (Lipinski definition) is 0. The fourth-order valence-electron chi connectivity index (χ4n) is 3.58. The minimum absolute atomic E-state index is 0.0784. The highest BCUT2D eigenvalue weighted by atomic mass is 16.7. The minimum Gasteiger partial charge on any atom is -0.444 e. The monoisotopic (exact) mass is 396 g/mol. The van der Waals surface area contributed by atoms with E-state index in [9.17, 15) is 9.59 Å². The molecule has 1 aliphatic carbocycles. The first-order chi connectivity index (χ1) is 12.9. The molecule has 0 aromatic carbocycles. The van der Waals surface area contributed by atoms with Gasteiger partial charge in [-0.15, -0.1) is 0 Å². The Morgan fingerprint density at radius 1 is 1.32 bits per heavy atom. The molecule has 0 aromatic rings. The first-order valence-corrected chi connectivity index (χ1v) is 10.1. The van der Waals surface area contributed by atoms with Gasteiger partial charge in [-0.2, -0.15) is 0 Å². The number of allylic oxidation sites excluding steroid dienone is 1. The van der Waals surface area contributed by atoms with Gasteiger partial charge in [-0.25, -0.2) is 9.86 Å². The van der Waals surface area contributed by atoms with Crippen LogP contribution in [0.1, 0.15) is 60.3 Å². The number of hydroxylamine groups is 2. The van der Waals surface area contributed by atoms with Gasteiger partial charge in [0, 0.05) is 13.1 Å². The van der Waals surface area contributed by atoms with Gasteiger partial charge in [0.1, 0.15) is 11.3 Å². The molecule has 1 heterocycles. The quantitative estimate of drug-likeness (QED) is 0.484.